The highest BCUT2D eigenvalue weighted by Gasteiger charge is 2.11. The number of benzene rings is 2. The van der Waals surface area contributed by atoms with E-state index in [0.29, 0.717) is 22.5 Å². The lowest BCUT2D eigenvalue weighted by Crippen LogP contribution is -2.11. The number of hydrogen-bond donors (Lipinski definition) is 1. The first kappa shape index (κ1) is 15.2. The summed E-state index contributed by atoms with van der Waals surface area (Å²) in [6.07, 6.45) is 1.60. The number of nitrogens with one attached hydrogen (secondary N) is 1. The van der Waals surface area contributed by atoms with Crippen molar-refractivity contribution in [1.82, 2.24) is 15.2 Å². The summed E-state index contributed by atoms with van der Waals surface area (Å²) >= 11 is 1.29. The number of amides is 1. The molecule has 0 aliphatic rings. The van der Waals surface area contributed by atoms with Crippen molar-refractivity contribution in [2.24, 2.45) is 0 Å². The lowest BCUT2D eigenvalue weighted by Gasteiger charge is -2.03. The predicted molar refractivity (Wildman–Crippen MR) is 95.2 cm³/mol. The standard InChI is InChI=1S/C18H12N4O2S/c23-15(18-19-10-11-25-18)20-14-8-6-13(7-9-14)17-22-21-16(24-17)12-4-2-1-3-5-12/h1-11H,(H,20,23). The zero-order valence-electron chi connectivity index (χ0n) is 12.9. The summed E-state index contributed by atoms with van der Waals surface area (Å²) in [5.41, 5.74) is 2.32. The molecular formula is C18H12N4O2S. The summed E-state index contributed by atoms with van der Waals surface area (Å²) in [4.78, 5) is 16.0. The summed E-state index contributed by atoms with van der Waals surface area (Å²) in [7, 11) is 0. The van der Waals surface area contributed by atoms with Crippen LogP contribution in [0, 0.1) is 0 Å². The minimum atomic E-state index is -0.230. The van der Waals surface area contributed by atoms with E-state index < -0.39 is 0 Å². The fraction of sp³-hybridized carbons (Fsp3) is 0. The Morgan fingerprint density at radius 3 is 2.24 bits per heavy atom. The SMILES string of the molecule is O=C(Nc1ccc(-c2nnc(-c3ccccc3)o2)cc1)c1nccs1. The molecule has 0 radical (unpaired) electrons. The van der Waals surface area contributed by atoms with Crippen LogP contribution in [0.4, 0.5) is 5.69 Å². The molecule has 4 aromatic rings. The van der Waals surface area contributed by atoms with Crippen LogP contribution in [0.1, 0.15) is 9.80 Å². The molecule has 0 saturated heterocycles. The molecule has 4 rings (SSSR count). The van der Waals surface area contributed by atoms with Gasteiger partial charge in [-0.2, -0.15) is 0 Å². The summed E-state index contributed by atoms with van der Waals surface area (Å²) in [6, 6.07) is 16.8. The van der Waals surface area contributed by atoms with E-state index >= 15 is 0 Å². The van der Waals surface area contributed by atoms with Crippen LogP contribution in [0.2, 0.25) is 0 Å². The molecule has 0 saturated carbocycles. The lowest BCUT2D eigenvalue weighted by molar-refractivity contribution is 0.102. The third-order valence-electron chi connectivity index (χ3n) is 3.46. The zero-order valence-corrected chi connectivity index (χ0v) is 13.7. The second-order valence-electron chi connectivity index (χ2n) is 5.15. The van der Waals surface area contributed by atoms with Crippen molar-refractivity contribution >= 4 is 22.9 Å². The normalized spacial score (nSPS) is 10.6. The molecule has 0 atom stereocenters. The quantitative estimate of drug-likeness (QED) is 0.600. The van der Waals surface area contributed by atoms with E-state index in [1.165, 1.54) is 11.3 Å². The maximum absolute atomic E-state index is 12.0. The Balaban J connectivity index is 1.51. The second kappa shape index (κ2) is 6.66. The Morgan fingerprint density at radius 2 is 1.60 bits per heavy atom. The maximum Gasteiger partial charge on any atom is 0.284 e. The molecule has 0 fully saturated rings. The van der Waals surface area contributed by atoms with E-state index in [9.17, 15) is 4.79 Å². The molecule has 1 amide bonds. The molecular weight excluding hydrogens is 336 g/mol. The van der Waals surface area contributed by atoms with Crippen molar-refractivity contribution in [3.63, 3.8) is 0 Å². The Kier molecular flexibility index (Phi) is 4.05. The summed E-state index contributed by atoms with van der Waals surface area (Å²) in [5, 5.41) is 13.1. The second-order valence-corrected chi connectivity index (χ2v) is 6.04. The molecule has 2 aromatic carbocycles. The maximum atomic E-state index is 12.0. The predicted octanol–water partition coefficient (Wildman–Crippen LogP) is 4.11. The van der Waals surface area contributed by atoms with Crippen molar-refractivity contribution in [1.29, 1.82) is 0 Å². The molecule has 6 nitrogen and oxygen atoms in total. The van der Waals surface area contributed by atoms with Gasteiger partial charge in [0, 0.05) is 28.4 Å². The summed E-state index contributed by atoms with van der Waals surface area (Å²) in [6.45, 7) is 0. The van der Waals surface area contributed by atoms with Crippen LogP contribution in [0.25, 0.3) is 22.9 Å². The molecule has 1 N–H and O–H groups in total. The van der Waals surface area contributed by atoms with Crippen LogP contribution in [0.15, 0.2) is 70.6 Å². The van der Waals surface area contributed by atoms with E-state index in [4.69, 9.17) is 4.42 Å². The van der Waals surface area contributed by atoms with Crippen LogP contribution in [-0.2, 0) is 0 Å². The van der Waals surface area contributed by atoms with Gasteiger partial charge in [-0.3, -0.25) is 4.79 Å². The molecule has 0 aliphatic carbocycles. The number of carbonyl (C=O) groups is 1. The average Bonchev–Trinajstić information content (AvgIpc) is 3.35. The van der Waals surface area contributed by atoms with E-state index in [2.05, 4.69) is 20.5 Å². The Hall–Kier alpha value is -3.32. The number of carbonyl (C=O) groups excluding carboxylic acids is 1. The van der Waals surface area contributed by atoms with Gasteiger partial charge in [0.1, 0.15) is 0 Å². The highest BCUT2D eigenvalue weighted by molar-refractivity contribution is 7.11. The molecule has 2 aromatic heterocycles. The molecule has 0 spiro atoms. The molecule has 25 heavy (non-hydrogen) atoms. The summed E-state index contributed by atoms with van der Waals surface area (Å²) < 4.78 is 5.72. The third kappa shape index (κ3) is 3.31. The summed E-state index contributed by atoms with van der Waals surface area (Å²) in [5.74, 6) is 0.667. The number of anilines is 1. The van der Waals surface area contributed by atoms with Crippen molar-refractivity contribution in [3.05, 3.63) is 71.2 Å². The first-order chi connectivity index (χ1) is 12.3. The van der Waals surface area contributed by atoms with E-state index in [1.807, 2.05) is 42.5 Å². The van der Waals surface area contributed by atoms with Crippen molar-refractivity contribution in [2.75, 3.05) is 5.32 Å². The van der Waals surface area contributed by atoms with Gasteiger partial charge in [0.2, 0.25) is 11.8 Å². The lowest BCUT2D eigenvalue weighted by atomic mass is 10.2. The third-order valence-corrected chi connectivity index (χ3v) is 4.23. The van der Waals surface area contributed by atoms with E-state index in [-0.39, 0.29) is 5.91 Å². The van der Waals surface area contributed by atoms with Crippen molar-refractivity contribution in [3.8, 4) is 22.9 Å². The number of aromatic nitrogens is 3. The number of thiazole rings is 1. The minimum absolute atomic E-state index is 0.230. The van der Waals surface area contributed by atoms with Gasteiger partial charge < -0.3 is 9.73 Å². The Morgan fingerprint density at radius 1 is 0.920 bits per heavy atom. The van der Waals surface area contributed by atoms with Crippen LogP contribution in [0.5, 0.6) is 0 Å². The van der Waals surface area contributed by atoms with Crippen LogP contribution in [-0.4, -0.2) is 21.1 Å². The first-order valence-electron chi connectivity index (χ1n) is 7.50. The fourth-order valence-corrected chi connectivity index (χ4v) is 2.78. The molecule has 0 unspecified atom stereocenters. The largest absolute Gasteiger partial charge is 0.416 e. The van der Waals surface area contributed by atoms with Gasteiger partial charge in [0.05, 0.1) is 0 Å². The van der Waals surface area contributed by atoms with Crippen molar-refractivity contribution in [2.45, 2.75) is 0 Å². The smallest absolute Gasteiger partial charge is 0.284 e. The monoisotopic (exact) mass is 348 g/mol. The average molecular weight is 348 g/mol. The van der Waals surface area contributed by atoms with Crippen LogP contribution >= 0.6 is 11.3 Å². The Bertz CT molecular complexity index is 980. The van der Waals surface area contributed by atoms with Gasteiger partial charge in [0.15, 0.2) is 5.01 Å². The highest BCUT2D eigenvalue weighted by atomic mass is 32.1. The number of hydrogen-bond acceptors (Lipinski definition) is 6. The molecule has 0 bridgehead atoms. The van der Waals surface area contributed by atoms with Crippen LogP contribution in [0.3, 0.4) is 0 Å². The molecule has 7 heteroatoms. The Labute approximate surface area is 147 Å². The first-order valence-corrected chi connectivity index (χ1v) is 8.38. The van der Waals surface area contributed by atoms with Gasteiger partial charge >= 0.3 is 0 Å². The van der Waals surface area contributed by atoms with Gasteiger partial charge in [-0.1, -0.05) is 18.2 Å². The van der Waals surface area contributed by atoms with E-state index in [1.54, 1.807) is 23.7 Å². The highest BCUT2D eigenvalue weighted by Crippen LogP contribution is 2.24. The van der Waals surface area contributed by atoms with Crippen molar-refractivity contribution < 1.29 is 9.21 Å². The molecule has 0 aliphatic heterocycles. The van der Waals surface area contributed by atoms with Gasteiger partial charge in [-0.15, -0.1) is 21.5 Å². The number of nitrogens with zero attached hydrogens (tertiary/aromatic N) is 3. The zero-order chi connectivity index (χ0) is 17.1. The minimum Gasteiger partial charge on any atom is -0.416 e. The topological polar surface area (TPSA) is 80.9 Å². The van der Waals surface area contributed by atoms with Gasteiger partial charge in [-0.25, -0.2) is 4.98 Å². The van der Waals surface area contributed by atoms with E-state index in [0.717, 1.165) is 11.1 Å². The van der Waals surface area contributed by atoms with Gasteiger partial charge in [-0.05, 0) is 36.4 Å². The van der Waals surface area contributed by atoms with Gasteiger partial charge in [0.25, 0.3) is 5.91 Å². The number of rotatable bonds is 4. The van der Waals surface area contributed by atoms with Crippen LogP contribution < -0.4 is 5.32 Å². The fourth-order valence-electron chi connectivity index (χ4n) is 2.25. The molecule has 122 valence electrons. The molecule has 2 heterocycles.